The summed E-state index contributed by atoms with van der Waals surface area (Å²) >= 11 is 0. The van der Waals surface area contributed by atoms with Gasteiger partial charge in [0.15, 0.2) is 0 Å². The van der Waals surface area contributed by atoms with Gasteiger partial charge in [0, 0.05) is 36.4 Å². The number of hydrogen-bond acceptors (Lipinski definition) is 7. The molecule has 0 saturated heterocycles. The first kappa shape index (κ1) is 31.8. The molecule has 4 amide bonds. The van der Waals surface area contributed by atoms with Crippen LogP contribution in [0.3, 0.4) is 0 Å². The fourth-order valence-corrected chi connectivity index (χ4v) is 4.37. The summed E-state index contributed by atoms with van der Waals surface area (Å²) in [5, 5.41) is 27.9. The molecule has 224 valence electrons. The second-order valence-electron chi connectivity index (χ2n) is 10.0. The van der Waals surface area contributed by atoms with E-state index in [9.17, 15) is 34.2 Å². The van der Waals surface area contributed by atoms with Crippen LogP contribution in [-0.2, 0) is 36.8 Å². The molecule has 3 rings (SSSR count). The molecule has 0 aliphatic heterocycles. The minimum absolute atomic E-state index is 0.00150. The summed E-state index contributed by atoms with van der Waals surface area (Å²) in [5.74, 6) is -4.41. The molecule has 2 aromatic carbocycles. The number of hydrogen-bond donors (Lipinski definition) is 8. The lowest BCUT2D eigenvalue weighted by atomic mass is 10.0. The van der Waals surface area contributed by atoms with Gasteiger partial charge in [0.25, 0.3) is 0 Å². The molecule has 0 saturated carbocycles. The van der Waals surface area contributed by atoms with Crippen LogP contribution < -0.4 is 27.4 Å². The Kier molecular flexibility index (Phi) is 11.2. The fraction of sp³-hybridized carbons (Fsp3) is 0.345. The quantitative estimate of drug-likeness (QED) is 0.116. The summed E-state index contributed by atoms with van der Waals surface area (Å²) in [6.45, 7) is 1.30. The van der Waals surface area contributed by atoms with Crippen molar-refractivity contribution >= 4 is 40.5 Å². The van der Waals surface area contributed by atoms with E-state index in [0.717, 1.165) is 10.9 Å². The van der Waals surface area contributed by atoms with Crippen LogP contribution in [0.5, 0.6) is 0 Å². The number of carbonyl (C=O) groups excluding carboxylic acids is 4. The van der Waals surface area contributed by atoms with Gasteiger partial charge in [0.05, 0.1) is 6.10 Å². The molecule has 0 aliphatic carbocycles. The van der Waals surface area contributed by atoms with Gasteiger partial charge in [-0.2, -0.15) is 0 Å². The van der Waals surface area contributed by atoms with E-state index < -0.39 is 59.9 Å². The maximum Gasteiger partial charge on any atom is 0.326 e. The topological polar surface area (TPSA) is 230 Å². The van der Waals surface area contributed by atoms with E-state index in [1.807, 2.05) is 24.3 Å². The second-order valence-corrected chi connectivity index (χ2v) is 10.0. The third kappa shape index (κ3) is 8.88. The van der Waals surface area contributed by atoms with E-state index in [4.69, 9.17) is 11.5 Å². The molecule has 13 heteroatoms. The zero-order valence-corrected chi connectivity index (χ0v) is 23.1. The molecule has 13 nitrogen and oxygen atoms in total. The number of aromatic nitrogens is 1. The van der Waals surface area contributed by atoms with Gasteiger partial charge >= 0.3 is 5.97 Å². The van der Waals surface area contributed by atoms with Gasteiger partial charge < -0.3 is 42.6 Å². The van der Waals surface area contributed by atoms with Crippen LogP contribution >= 0.6 is 0 Å². The van der Waals surface area contributed by atoms with Crippen molar-refractivity contribution in [3.05, 3.63) is 71.9 Å². The SMILES string of the molecule is CC(O)C(N)C(=O)NC(CCC(N)=O)C(=O)NC(Cc1ccccc1)C(=O)NC(Cc1c[nH]c2ccccc12)C(=O)O. The first-order valence-electron chi connectivity index (χ1n) is 13.4. The number of aromatic amines is 1. The predicted molar refractivity (Wildman–Crippen MR) is 154 cm³/mol. The standard InChI is InChI=1S/C29H36N6O7/c1-16(36)25(31)28(40)33-21(11-12-24(30)37)26(38)34-22(13-17-7-3-2-4-8-17)27(39)35-23(29(41)42)14-18-15-32-20-10-6-5-9-19(18)20/h2-10,15-16,21-23,25,32,36H,11-14,31H2,1H3,(H2,30,37)(H,33,40)(H,34,38)(H,35,39)(H,41,42). The van der Waals surface area contributed by atoms with Crippen LogP contribution in [0, 0.1) is 0 Å². The molecule has 1 aromatic heterocycles. The van der Waals surface area contributed by atoms with Crippen LogP contribution in [0.15, 0.2) is 60.8 Å². The molecular formula is C29H36N6O7. The number of amides is 4. The van der Waals surface area contributed by atoms with Gasteiger partial charge in [-0.25, -0.2) is 4.79 Å². The summed E-state index contributed by atoms with van der Waals surface area (Å²) in [7, 11) is 0. The highest BCUT2D eigenvalue weighted by Crippen LogP contribution is 2.19. The molecular weight excluding hydrogens is 544 g/mol. The number of nitrogens with two attached hydrogens (primary N) is 2. The maximum atomic E-state index is 13.5. The van der Waals surface area contributed by atoms with E-state index in [2.05, 4.69) is 20.9 Å². The predicted octanol–water partition coefficient (Wildman–Crippen LogP) is -0.534. The number of carboxylic acids is 1. The summed E-state index contributed by atoms with van der Waals surface area (Å²) in [6, 6.07) is 10.9. The van der Waals surface area contributed by atoms with Gasteiger partial charge in [-0.1, -0.05) is 48.5 Å². The Hall–Kier alpha value is -4.75. The van der Waals surface area contributed by atoms with E-state index in [1.165, 1.54) is 6.92 Å². The number of H-pyrrole nitrogens is 1. The van der Waals surface area contributed by atoms with Gasteiger partial charge in [0.2, 0.25) is 23.6 Å². The van der Waals surface area contributed by atoms with Gasteiger partial charge in [-0.3, -0.25) is 19.2 Å². The molecule has 10 N–H and O–H groups in total. The van der Waals surface area contributed by atoms with Crippen molar-refractivity contribution in [2.75, 3.05) is 0 Å². The molecule has 0 aliphatic rings. The summed E-state index contributed by atoms with van der Waals surface area (Å²) in [4.78, 5) is 65.9. The van der Waals surface area contributed by atoms with Crippen molar-refractivity contribution in [3.8, 4) is 0 Å². The molecule has 0 bridgehead atoms. The van der Waals surface area contributed by atoms with Crippen LogP contribution in [0.1, 0.15) is 30.9 Å². The van der Waals surface area contributed by atoms with E-state index in [-0.39, 0.29) is 25.7 Å². The van der Waals surface area contributed by atoms with E-state index in [1.54, 1.807) is 36.5 Å². The Balaban J connectivity index is 1.82. The van der Waals surface area contributed by atoms with Crippen LogP contribution in [0.25, 0.3) is 10.9 Å². The lowest BCUT2D eigenvalue weighted by molar-refractivity contribution is -0.142. The third-order valence-electron chi connectivity index (χ3n) is 6.76. The molecule has 1 heterocycles. The van der Waals surface area contributed by atoms with Crippen LogP contribution in [0.2, 0.25) is 0 Å². The average molecular weight is 581 g/mol. The third-order valence-corrected chi connectivity index (χ3v) is 6.76. The molecule has 5 atom stereocenters. The Morgan fingerprint density at radius 2 is 1.43 bits per heavy atom. The Bertz CT molecular complexity index is 1410. The lowest BCUT2D eigenvalue weighted by Crippen LogP contribution is -2.58. The second kappa shape index (κ2) is 14.8. The minimum Gasteiger partial charge on any atom is -0.480 e. The average Bonchev–Trinajstić information content (AvgIpc) is 3.36. The van der Waals surface area contributed by atoms with E-state index >= 15 is 0 Å². The van der Waals surface area contributed by atoms with Crippen LogP contribution in [0.4, 0.5) is 0 Å². The molecule has 0 fully saturated rings. The number of aliphatic hydroxyl groups excluding tert-OH is 1. The van der Waals surface area contributed by atoms with Gasteiger partial charge in [-0.15, -0.1) is 0 Å². The number of aliphatic carboxylic acids is 1. The summed E-state index contributed by atoms with van der Waals surface area (Å²) < 4.78 is 0. The number of benzene rings is 2. The first-order valence-corrected chi connectivity index (χ1v) is 13.4. The first-order chi connectivity index (χ1) is 20.0. The Labute approximate surface area is 242 Å². The molecule has 0 spiro atoms. The minimum atomic E-state index is -1.35. The van der Waals surface area contributed by atoms with Gasteiger partial charge in [0.1, 0.15) is 24.2 Å². The van der Waals surface area contributed by atoms with Crippen molar-refractivity contribution in [1.29, 1.82) is 0 Å². The molecule has 0 radical (unpaired) electrons. The largest absolute Gasteiger partial charge is 0.480 e. The van der Waals surface area contributed by atoms with Crippen molar-refractivity contribution in [2.24, 2.45) is 11.5 Å². The number of primary amides is 1. The number of carbonyl (C=O) groups is 5. The number of carboxylic acid groups (broad SMARTS) is 1. The fourth-order valence-electron chi connectivity index (χ4n) is 4.37. The lowest BCUT2D eigenvalue weighted by Gasteiger charge is -2.25. The van der Waals surface area contributed by atoms with Crippen molar-refractivity contribution in [3.63, 3.8) is 0 Å². The highest BCUT2D eigenvalue weighted by Gasteiger charge is 2.31. The molecule has 5 unspecified atom stereocenters. The smallest absolute Gasteiger partial charge is 0.326 e. The number of fused-ring (bicyclic) bond motifs is 1. The highest BCUT2D eigenvalue weighted by atomic mass is 16.4. The van der Waals surface area contributed by atoms with Crippen molar-refractivity contribution < 1.29 is 34.2 Å². The summed E-state index contributed by atoms with van der Waals surface area (Å²) in [6.07, 6.45) is -0.0137. The monoisotopic (exact) mass is 580 g/mol. The number of rotatable bonds is 15. The normalized spacial score (nSPS) is 14.6. The van der Waals surface area contributed by atoms with E-state index in [0.29, 0.717) is 11.1 Å². The number of para-hydroxylation sites is 1. The summed E-state index contributed by atoms with van der Waals surface area (Å²) in [5.41, 5.74) is 13.1. The Morgan fingerprint density at radius 3 is 2.07 bits per heavy atom. The maximum absolute atomic E-state index is 13.5. The highest BCUT2D eigenvalue weighted by molar-refractivity contribution is 5.95. The van der Waals surface area contributed by atoms with Gasteiger partial charge in [-0.05, 0) is 30.5 Å². The van der Waals surface area contributed by atoms with Crippen molar-refractivity contribution in [1.82, 2.24) is 20.9 Å². The number of nitrogens with one attached hydrogen (secondary N) is 4. The zero-order valence-electron chi connectivity index (χ0n) is 23.1. The molecule has 42 heavy (non-hydrogen) atoms. The zero-order chi connectivity index (χ0) is 30.8. The van der Waals surface area contributed by atoms with Crippen molar-refractivity contribution in [2.45, 2.75) is 62.9 Å². The molecule has 3 aromatic rings. The number of aliphatic hydroxyl groups is 1. The van der Waals surface area contributed by atoms with Crippen LogP contribution in [-0.4, -0.2) is 75.1 Å². The Morgan fingerprint density at radius 1 is 0.833 bits per heavy atom.